The number of carboxylic acid groups (broad SMARTS) is 1. The lowest BCUT2D eigenvalue weighted by atomic mass is 9.33. The van der Waals surface area contributed by atoms with Gasteiger partial charge < -0.3 is 14.8 Å². The molecule has 4 fully saturated rings. The van der Waals surface area contributed by atoms with Gasteiger partial charge in [-0.05, 0) is 151 Å². The maximum atomic E-state index is 11.5. The lowest BCUT2D eigenvalue weighted by Crippen LogP contribution is -2.67. The summed E-state index contributed by atoms with van der Waals surface area (Å²) >= 11 is 0. The van der Waals surface area contributed by atoms with Gasteiger partial charge in [-0.25, -0.2) is 4.79 Å². The standard InChI is InChI=1S/C41H55NO3/c1-26(2)30-16-21-41(42-25-29-9-8-24-45-29)23-22-39(6)32(35(30)41)14-15-34-38(5)19-17-31(27-10-12-28(13-11-27)36(43)44)37(3,4)33(38)18-20-40(34,39)7/h8-13,17,24,30,32-35,42H,1,14-16,18-23,25H2,2-7H3,(H,43,44). The molecule has 5 aliphatic rings. The third-order valence-electron chi connectivity index (χ3n) is 15.3. The Kier molecular flexibility index (Phi) is 7.21. The van der Waals surface area contributed by atoms with E-state index in [4.69, 9.17) is 4.42 Å². The van der Waals surface area contributed by atoms with E-state index in [0.29, 0.717) is 46.0 Å². The zero-order chi connectivity index (χ0) is 32.0. The molecule has 0 aliphatic heterocycles. The molecule has 0 saturated heterocycles. The molecule has 5 aliphatic carbocycles. The van der Waals surface area contributed by atoms with Crippen LogP contribution in [0.2, 0.25) is 0 Å². The minimum absolute atomic E-state index is 0.0326. The molecule has 4 saturated carbocycles. The van der Waals surface area contributed by atoms with Gasteiger partial charge in [-0.3, -0.25) is 0 Å². The summed E-state index contributed by atoms with van der Waals surface area (Å²) in [5, 5.41) is 13.6. The van der Waals surface area contributed by atoms with Crippen molar-refractivity contribution < 1.29 is 14.3 Å². The van der Waals surface area contributed by atoms with Gasteiger partial charge in [0.25, 0.3) is 0 Å². The predicted molar refractivity (Wildman–Crippen MR) is 182 cm³/mol. The highest BCUT2D eigenvalue weighted by molar-refractivity contribution is 5.88. The highest BCUT2D eigenvalue weighted by atomic mass is 16.4. The number of aromatic carboxylic acids is 1. The van der Waals surface area contributed by atoms with Crippen molar-refractivity contribution in [1.29, 1.82) is 0 Å². The van der Waals surface area contributed by atoms with Crippen molar-refractivity contribution in [3.8, 4) is 0 Å². The number of carbonyl (C=O) groups is 1. The van der Waals surface area contributed by atoms with Gasteiger partial charge in [-0.1, -0.05) is 65.0 Å². The Hall–Kier alpha value is -2.59. The molecule has 4 nitrogen and oxygen atoms in total. The third kappa shape index (κ3) is 4.36. The van der Waals surface area contributed by atoms with Crippen LogP contribution in [0.5, 0.6) is 0 Å². The Morgan fingerprint density at radius 3 is 2.36 bits per heavy atom. The van der Waals surface area contributed by atoms with Crippen LogP contribution in [0.25, 0.3) is 5.57 Å². The SMILES string of the molecule is C=C(C)C1CCC2(NCc3ccco3)CCC3(C)C(CCC4C5(C)CC=C(c6ccc(C(=O)O)cc6)C(C)(C)C5CCC43C)C12. The highest BCUT2D eigenvalue weighted by Crippen LogP contribution is 2.76. The van der Waals surface area contributed by atoms with Crippen LogP contribution >= 0.6 is 0 Å². The van der Waals surface area contributed by atoms with Crippen molar-refractivity contribution in [1.82, 2.24) is 5.32 Å². The van der Waals surface area contributed by atoms with Crippen LogP contribution in [-0.2, 0) is 6.54 Å². The minimum Gasteiger partial charge on any atom is -0.478 e. The van der Waals surface area contributed by atoms with Crippen molar-refractivity contribution in [3.05, 3.63) is 77.8 Å². The summed E-state index contributed by atoms with van der Waals surface area (Å²) in [5.41, 5.74) is 5.42. The molecule has 9 unspecified atom stereocenters. The van der Waals surface area contributed by atoms with Crippen molar-refractivity contribution in [2.75, 3.05) is 0 Å². The Bertz CT molecular complexity index is 1500. The van der Waals surface area contributed by atoms with Crippen LogP contribution in [0.15, 0.2) is 65.3 Å². The van der Waals surface area contributed by atoms with Crippen molar-refractivity contribution in [3.63, 3.8) is 0 Å². The fraction of sp³-hybridized carbons (Fsp3) is 0.634. The first-order valence-corrected chi connectivity index (χ1v) is 17.7. The maximum absolute atomic E-state index is 11.5. The molecule has 9 atom stereocenters. The third-order valence-corrected chi connectivity index (χ3v) is 15.3. The number of nitrogens with one attached hydrogen (secondary N) is 1. The first kappa shape index (κ1) is 31.0. The van der Waals surface area contributed by atoms with Gasteiger partial charge >= 0.3 is 5.97 Å². The average Bonchev–Trinajstić information content (AvgIpc) is 3.65. The van der Waals surface area contributed by atoms with E-state index in [0.717, 1.165) is 18.7 Å². The number of hydrogen-bond donors (Lipinski definition) is 2. The second-order valence-electron chi connectivity index (χ2n) is 17.2. The van der Waals surface area contributed by atoms with Crippen LogP contribution in [0.1, 0.15) is 121 Å². The average molecular weight is 610 g/mol. The van der Waals surface area contributed by atoms with Crippen LogP contribution in [-0.4, -0.2) is 16.6 Å². The second kappa shape index (κ2) is 10.5. The van der Waals surface area contributed by atoms with E-state index in [1.807, 2.05) is 18.2 Å². The molecule has 0 amide bonds. The molecule has 2 aromatic rings. The number of rotatable bonds is 6. The fourth-order valence-corrected chi connectivity index (χ4v) is 13.0. The molecule has 0 spiro atoms. The number of fused-ring (bicyclic) bond motifs is 7. The molecular formula is C41H55NO3. The van der Waals surface area contributed by atoms with Crippen molar-refractivity contribution in [2.45, 2.75) is 111 Å². The molecule has 0 radical (unpaired) electrons. The second-order valence-corrected chi connectivity index (χ2v) is 17.2. The molecule has 1 aromatic carbocycles. The Morgan fingerprint density at radius 1 is 0.933 bits per heavy atom. The summed E-state index contributed by atoms with van der Waals surface area (Å²) in [6.45, 7) is 20.7. The zero-order valence-electron chi connectivity index (χ0n) is 28.5. The van der Waals surface area contributed by atoms with E-state index < -0.39 is 5.97 Å². The summed E-state index contributed by atoms with van der Waals surface area (Å²) < 4.78 is 5.78. The van der Waals surface area contributed by atoms with Gasteiger partial charge in [0.2, 0.25) is 0 Å². The van der Waals surface area contributed by atoms with Crippen molar-refractivity contribution >= 4 is 11.5 Å². The zero-order valence-corrected chi connectivity index (χ0v) is 28.5. The summed E-state index contributed by atoms with van der Waals surface area (Å²) in [6.07, 6.45) is 15.7. The van der Waals surface area contributed by atoms with Crippen LogP contribution in [0.3, 0.4) is 0 Å². The molecule has 242 valence electrons. The molecule has 0 bridgehead atoms. The van der Waals surface area contributed by atoms with E-state index in [1.54, 1.807) is 18.4 Å². The number of allylic oxidation sites excluding steroid dienone is 3. The largest absolute Gasteiger partial charge is 0.478 e. The Balaban J connectivity index is 1.21. The van der Waals surface area contributed by atoms with Crippen molar-refractivity contribution in [2.24, 2.45) is 51.2 Å². The lowest BCUT2D eigenvalue weighted by molar-refractivity contribution is -0.219. The predicted octanol–water partition coefficient (Wildman–Crippen LogP) is 10.2. The molecule has 4 heteroatoms. The van der Waals surface area contributed by atoms with E-state index in [-0.39, 0.29) is 16.4 Å². The normalized spacial score (nSPS) is 41.6. The molecule has 2 N–H and O–H groups in total. The van der Waals surface area contributed by atoms with Crippen LogP contribution < -0.4 is 5.32 Å². The number of benzene rings is 1. The molecular weight excluding hydrogens is 554 g/mol. The molecule has 45 heavy (non-hydrogen) atoms. The Labute approximate surface area is 271 Å². The first-order valence-electron chi connectivity index (χ1n) is 17.7. The lowest BCUT2D eigenvalue weighted by Gasteiger charge is -2.72. The van der Waals surface area contributed by atoms with Gasteiger partial charge in [-0.2, -0.15) is 0 Å². The van der Waals surface area contributed by atoms with E-state index in [2.05, 4.69) is 65.6 Å². The number of hydrogen-bond acceptors (Lipinski definition) is 3. The van der Waals surface area contributed by atoms with Gasteiger partial charge in [0.15, 0.2) is 0 Å². The van der Waals surface area contributed by atoms with Gasteiger partial charge in [0.1, 0.15) is 5.76 Å². The fourth-order valence-electron chi connectivity index (χ4n) is 13.0. The monoisotopic (exact) mass is 609 g/mol. The van der Waals surface area contributed by atoms with E-state index >= 15 is 0 Å². The summed E-state index contributed by atoms with van der Waals surface area (Å²) in [4.78, 5) is 11.5. The number of furan rings is 1. The van der Waals surface area contributed by atoms with Crippen LogP contribution in [0.4, 0.5) is 0 Å². The quantitative estimate of drug-likeness (QED) is 0.320. The topological polar surface area (TPSA) is 62.5 Å². The van der Waals surface area contributed by atoms with Gasteiger partial charge in [0.05, 0.1) is 18.4 Å². The van der Waals surface area contributed by atoms with Gasteiger partial charge in [0, 0.05) is 5.54 Å². The summed E-state index contributed by atoms with van der Waals surface area (Å²) in [7, 11) is 0. The van der Waals surface area contributed by atoms with Crippen LogP contribution in [0, 0.1) is 51.2 Å². The smallest absolute Gasteiger partial charge is 0.335 e. The summed E-state index contributed by atoms with van der Waals surface area (Å²) in [5.74, 6) is 3.42. The first-order chi connectivity index (χ1) is 21.3. The molecule has 7 rings (SSSR count). The molecule has 1 aromatic heterocycles. The summed E-state index contributed by atoms with van der Waals surface area (Å²) in [6, 6.07) is 11.7. The van der Waals surface area contributed by atoms with Gasteiger partial charge in [-0.15, -0.1) is 0 Å². The molecule has 1 heterocycles. The minimum atomic E-state index is -0.859. The Morgan fingerprint density at radius 2 is 1.69 bits per heavy atom. The van der Waals surface area contributed by atoms with E-state index in [1.165, 1.54) is 68.1 Å². The maximum Gasteiger partial charge on any atom is 0.335 e. The highest BCUT2D eigenvalue weighted by Gasteiger charge is 2.70. The van der Waals surface area contributed by atoms with E-state index in [9.17, 15) is 9.90 Å². The number of carboxylic acids is 1.